The van der Waals surface area contributed by atoms with Gasteiger partial charge in [-0.25, -0.2) is 0 Å². The van der Waals surface area contributed by atoms with Crippen molar-refractivity contribution in [3.8, 4) is 17.2 Å². The van der Waals surface area contributed by atoms with Gasteiger partial charge in [-0.2, -0.15) is 0 Å². The molecule has 134 valence electrons. The number of methoxy groups -OCH3 is 2. The molecule has 2 aromatic rings. The molecule has 0 heterocycles. The van der Waals surface area contributed by atoms with Crippen molar-refractivity contribution in [1.29, 1.82) is 0 Å². The maximum absolute atomic E-state index is 12.4. The van der Waals surface area contributed by atoms with E-state index in [1.165, 1.54) is 44.6 Å². The molecule has 25 heavy (non-hydrogen) atoms. The van der Waals surface area contributed by atoms with E-state index in [9.17, 15) is 18.0 Å². The summed E-state index contributed by atoms with van der Waals surface area (Å²) in [6.45, 7) is -0.126. The number of nitrogens with one attached hydrogen (secondary N) is 1. The first-order valence-corrected chi connectivity index (χ1v) is 7.18. The third kappa shape index (κ3) is 5.03. The smallest absolute Gasteiger partial charge is 0.493 e. The van der Waals surface area contributed by atoms with E-state index in [0.29, 0.717) is 11.5 Å². The summed E-state index contributed by atoms with van der Waals surface area (Å²) < 4.78 is 51.4. The van der Waals surface area contributed by atoms with Gasteiger partial charge in [0.1, 0.15) is 5.75 Å². The quantitative estimate of drug-likeness (QED) is 0.861. The van der Waals surface area contributed by atoms with Gasteiger partial charge >= 0.3 is 6.36 Å². The number of alkyl halides is 3. The number of carbonyl (C=O) groups excluding carboxylic acids is 1. The van der Waals surface area contributed by atoms with Crippen LogP contribution in [0.25, 0.3) is 0 Å². The van der Waals surface area contributed by atoms with E-state index in [0.717, 1.165) is 0 Å². The highest BCUT2D eigenvalue weighted by molar-refractivity contribution is 5.94. The van der Waals surface area contributed by atoms with E-state index in [1.807, 2.05) is 0 Å². The summed E-state index contributed by atoms with van der Waals surface area (Å²) in [6, 6.07) is 10.2. The molecule has 0 radical (unpaired) electrons. The second-order valence-corrected chi connectivity index (χ2v) is 4.91. The number of hydrogen-bond acceptors (Lipinski definition) is 4. The zero-order chi connectivity index (χ0) is 18.4. The molecule has 0 bridgehead atoms. The molecule has 0 saturated heterocycles. The van der Waals surface area contributed by atoms with E-state index in [-0.39, 0.29) is 23.4 Å². The van der Waals surface area contributed by atoms with E-state index < -0.39 is 12.3 Å². The van der Waals surface area contributed by atoms with Crippen LogP contribution >= 0.6 is 0 Å². The van der Waals surface area contributed by atoms with Gasteiger partial charge in [-0.3, -0.25) is 4.79 Å². The molecule has 2 aromatic carbocycles. The van der Waals surface area contributed by atoms with Crippen molar-refractivity contribution >= 4 is 5.91 Å². The van der Waals surface area contributed by atoms with Crippen molar-refractivity contribution in [1.82, 2.24) is 5.32 Å². The van der Waals surface area contributed by atoms with Gasteiger partial charge in [0.25, 0.3) is 5.91 Å². The first-order valence-electron chi connectivity index (χ1n) is 7.18. The summed E-state index contributed by atoms with van der Waals surface area (Å²) in [6.07, 6.45) is -4.80. The van der Waals surface area contributed by atoms with Crippen LogP contribution < -0.4 is 19.5 Å². The Morgan fingerprint density at radius 3 is 2.32 bits per heavy atom. The zero-order valence-corrected chi connectivity index (χ0v) is 13.5. The molecule has 0 aliphatic rings. The maximum Gasteiger partial charge on any atom is 0.573 e. The Labute approximate surface area is 142 Å². The number of halogens is 3. The third-order valence-corrected chi connectivity index (χ3v) is 3.28. The minimum absolute atomic E-state index is 0.126. The fourth-order valence-corrected chi connectivity index (χ4v) is 2.13. The van der Waals surface area contributed by atoms with Crippen LogP contribution in [0.4, 0.5) is 13.2 Å². The van der Waals surface area contributed by atoms with Crippen molar-refractivity contribution < 1.29 is 32.2 Å². The van der Waals surface area contributed by atoms with Crippen LogP contribution in [0.1, 0.15) is 15.9 Å². The summed E-state index contributed by atoms with van der Waals surface area (Å²) in [5.74, 6) is 0.00399. The number of rotatable bonds is 6. The summed E-state index contributed by atoms with van der Waals surface area (Å²) in [5.41, 5.74) is 0.487. The number of ether oxygens (including phenoxy) is 3. The minimum Gasteiger partial charge on any atom is -0.493 e. The van der Waals surface area contributed by atoms with Gasteiger partial charge in [0.2, 0.25) is 0 Å². The largest absolute Gasteiger partial charge is 0.573 e. The molecule has 0 aliphatic heterocycles. The predicted octanol–water partition coefficient (Wildman–Crippen LogP) is 3.53. The Hall–Kier alpha value is -2.90. The highest BCUT2D eigenvalue weighted by atomic mass is 19.4. The van der Waals surface area contributed by atoms with Crippen LogP contribution in [0.5, 0.6) is 17.2 Å². The summed E-state index contributed by atoms with van der Waals surface area (Å²) >= 11 is 0. The fourth-order valence-electron chi connectivity index (χ4n) is 2.13. The molecule has 0 spiro atoms. The molecule has 0 unspecified atom stereocenters. The van der Waals surface area contributed by atoms with Gasteiger partial charge < -0.3 is 19.5 Å². The lowest BCUT2D eigenvalue weighted by Crippen LogP contribution is -2.24. The van der Waals surface area contributed by atoms with E-state index in [1.54, 1.807) is 12.1 Å². The number of para-hydroxylation sites is 1. The first-order chi connectivity index (χ1) is 11.8. The molecule has 0 fully saturated rings. The Kier molecular flexibility index (Phi) is 5.74. The van der Waals surface area contributed by atoms with Crippen molar-refractivity contribution in [2.75, 3.05) is 14.2 Å². The number of carbonyl (C=O) groups is 1. The number of benzene rings is 2. The zero-order valence-electron chi connectivity index (χ0n) is 13.5. The highest BCUT2D eigenvalue weighted by Gasteiger charge is 2.32. The molecule has 1 N–H and O–H groups in total. The van der Waals surface area contributed by atoms with Crippen molar-refractivity contribution in [3.05, 3.63) is 53.6 Å². The van der Waals surface area contributed by atoms with Gasteiger partial charge in [0.05, 0.1) is 14.2 Å². The molecule has 0 atom stereocenters. The summed E-state index contributed by atoms with van der Waals surface area (Å²) in [7, 11) is 2.90. The van der Waals surface area contributed by atoms with Crippen LogP contribution in [0.15, 0.2) is 42.5 Å². The topological polar surface area (TPSA) is 56.8 Å². The molecule has 1 amide bonds. The third-order valence-electron chi connectivity index (χ3n) is 3.28. The van der Waals surface area contributed by atoms with Gasteiger partial charge in [0.15, 0.2) is 11.5 Å². The molecular weight excluding hydrogens is 339 g/mol. The van der Waals surface area contributed by atoms with Crippen LogP contribution in [0.2, 0.25) is 0 Å². The molecule has 0 aromatic heterocycles. The van der Waals surface area contributed by atoms with Gasteiger partial charge in [-0.05, 0) is 24.3 Å². The molecule has 8 heteroatoms. The van der Waals surface area contributed by atoms with Gasteiger partial charge in [0, 0.05) is 17.7 Å². The molecule has 2 rings (SSSR count). The lowest BCUT2D eigenvalue weighted by atomic mass is 10.1. The van der Waals surface area contributed by atoms with Gasteiger partial charge in [-0.1, -0.05) is 18.2 Å². The van der Waals surface area contributed by atoms with Crippen molar-refractivity contribution in [3.63, 3.8) is 0 Å². The van der Waals surface area contributed by atoms with Gasteiger partial charge in [-0.15, -0.1) is 13.2 Å². The molecular formula is C17H16F3NO4. The van der Waals surface area contributed by atoms with Crippen molar-refractivity contribution in [2.24, 2.45) is 0 Å². The van der Waals surface area contributed by atoms with E-state index in [4.69, 9.17) is 9.47 Å². The standard InChI is InChI=1S/C17H16F3NO4/c1-23-14-8-7-11(9-15(14)24-2)16(22)21-10-12-5-3-4-6-13(12)25-17(18,19)20/h3-9H,10H2,1-2H3,(H,21,22). The van der Waals surface area contributed by atoms with Crippen LogP contribution in [0, 0.1) is 0 Å². The molecule has 0 saturated carbocycles. The second-order valence-electron chi connectivity index (χ2n) is 4.91. The monoisotopic (exact) mass is 355 g/mol. The van der Waals surface area contributed by atoms with Crippen LogP contribution in [0.3, 0.4) is 0 Å². The molecule has 5 nitrogen and oxygen atoms in total. The van der Waals surface area contributed by atoms with Crippen LogP contribution in [-0.4, -0.2) is 26.5 Å². The fraction of sp³-hybridized carbons (Fsp3) is 0.235. The predicted molar refractivity (Wildman–Crippen MR) is 83.8 cm³/mol. The summed E-state index contributed by atoms with van der Waals surface area (Å²) in [5, 5.41) is 2.55. The summed E-state index contributed by atoms with van der Waals surface area (Å²) in [4.78, 5) is 12.2. The Morgan fingerprint density at radius 2 is 1.68 bits per heavy atom. The lowest BCUT2D eigenvalue weighted by Gasteiger charge is -2.14. The Bertz CT molecular complexity index is 747. The Balaban J connectivity index is 2.10. The SMILES string of the molecule is COc1ccc(C(=O)NCc2ccccc2OC(F)(F)F)cc1OC. The number of amides is 1. The first kappa shape index (κ1) is 18.4. The van der Waals surface area contributed by atoms with Crippen LogP contribution in [-0.2, 0) is 6.54 Å². The molecule has 0 aliphatic carbocycles. The number of hydrogen-bond donors (Lipinski definition) is 1. The normalized spacial score (nSPS) is 10.9. The average molecular weight is 355 g/mol. The second kappa shape index (κ2) is 7.78. The highest BCUT2D eigenvalue weighted by Crippen LogP contribution is 2.28. The lowest BCUT2D eigenvalue weighted by molar-refractivity contribution is -0.274. The minimum atomic E-state index is -4.80. The van der Waals surface area contributed by atoms with Crippen molar-refractivity contribution in [2.45, 2.75) is 12.9 Å². The average Bonchev–Trinajstić information content (AvgIpc) is 2.58. The van der Waals surface area contributed by atoms with E-state index in [2.05, 4.69) is 10.1 Å². The maximum atomic E-state index is 12.4. The Morgan fingerprint density at radius 1 is 1.00 bits per heavy atom. The van der Waals surface area contributed by atoms with E-state index >= 15 is 0 Å².